The number of methoxy groups -OCH3 is 1. The minimum atomic E-state index is -0.336. The summed E-state index contributed by atoms with van der Waals surface area (Å²) in [5.41, 5.74) is 0.522. The lowest BCUT2D eigenvalue weighted by Crippen LogP contribution is -2.38. The number of nitrogens with zero attached hydrogens (tertiary/aromatic N) is 1. The van der Waals surface area contributed by atoms with Crippen molar-refractivity contribution < 1.29 is 9.53 Å². The number of pyridine rings is 1. The molecule has 5 nitrogen and oxygen atoms in total. The topological polar surface area (TPSA) is 63.2 Å². The lowest BCUT2D eigenvalue weighted by atomic mass is 10.1. The third-order valence-corrected chi connectivity index (χ3v) is 2.83. The van der Waals surface area contributed by atoms with Gasteiger partial charge in [-0.25, -0.2) is 9.78 Å². The van der Waals surface area contributed by atoms with E-state index in [0.717, 1.165) is 31.7 Å². The summed E-state index contributed by atoms with van der Waals surface area (Å²) in [6, 6.07) is 3.75. The number of anilines is 1. The van der Waals surface area contributed by atoms with E-state index >= 15 is 0 Å². The quantitative estimate of drug-likeness (QED) is 0.766. The van der Waals surface area contributed by atoms with Crippen LogP contribution in [0.1, 0.15) is 23.2 Å². The summed E-state index contributed by atoms with van der Waals surface area (Å²) in [5.74, 6) is 0.388. The third-order valence-electron chi connectivity index (χ3n) is 2.83. The van der Waals surface area contributed by atoms with Crippen LogP contribution in [0.25, 0.3) is 0 Å². The lowest BCUT2D eigenvalue weighted by Gasteiger charge is -2.24. The molecule has 0 radical (unpaired) electrons. The smallest absolute Gasteiger partial charge is 0.338 e. The second-order valence-electron chi connectivity index (χ2n) is 4.11. The third kappa shape index (κ3) is 3.17. The number of carbonyl (C=O) groups is 1. The molecule has 5 heteroatoms. The van der Waals surface area contributed by atoms with Gasteiger partial charge in [-0.2, -0.15) is 0 Å². The van der Waals surface area contributed by atoms with Crippen LogP contribution in [0.5, 0.6) is 0 Å². The zero-order valence-corrected chi connectivity index (χ0v) is 9.90. The van der Waals surface area contributed by atoms with Gasteiger partial charge in [0.05, 0.1) is 12.7 Å². The molecule has 0 spiro atoms. The van der Waals surface area contributed by atoms with Crippen LogP contribution in [-0.4, -0.2) is 37.2 Å². The predicted molar refractivity (Wildman–Crippen MR) is 65.1 cm³/mol. The highest BCUT2D eigenvalue weighted by atomic mass is 16.5. The van der Waals surface area contributed by atoms with Crippen molar-refractivity contribution in [1.82, 2.24) is 10.3 Å². The standard InChI is InChI=1S/C12H17N3O2/c1-17-12(16)9-4-6-14-11(7-9)15-10-3-2-5-13-8-10/h4,6-7,10,13H,2-3,5,8H2,1H3,(H,14,15). The van der Waals surface area contributed by atoms with Gasteiger partial charge in [-0.1, -0.05) is 0 Å². The Morgan fingerprint density at radius 1 is 1.65 bits per heavy atom. The van der Waals surface area contributed by atoms with E-state index in [0.29, 0.717) is 11.6 Å². The molecule has 1 fully saturated rings. The number of hydrogen-bond acceptors (Lipinski definition) is 5. The number of carbonyl (C=O) groups excluding carboxylic acids is 1. The number of nitrogens with one attached hydrogen (secondary N) is 2. The highest BCUT2D eigenvalue weighted by Crippen LogP contribution is 2.12. The Hall–Kier alpha value is -1.62. The molecular weight excluding hydrogens is 218 g/mol. The molecule has 1 saturated heterocycles. The molecule has 0 aliphatic carbocycles. The van der Waals surface area contributed by atoms with Gasteiger partial charge in [-0.05, 0) is 31.5 Å². The second kappa shape index (κ2) is 5.63. The maximum absolute atomic E-state index is 11.4. The molecule has 17 heavy (non-hydrogen) atoms. The van der Waals surface area contributed by atoms with Crippen molar-refractivity contribution in [2.45, 2.75) is 18.9 Å². The fraction of sp³-hybridized carbons (Fsp3) is 0.500. The fourth-order valence-corrected chi connectivity index (χ4v) is 1.94. The first-order valence-electron chi connectivity index (χ1n) is 5.81. The first kappa shape index (κ1) is 11.9. The summed E-state index contributed by atoms with van der Waals surface area (Å²) in [4.78, 5) is 15.6. The molecule has 0 bridgehead atoms. The van der Waals surface area contributed by atoms with Gasteiger partial charge in [0.25, 0.3) is 0 Å². The van der Waals surface area contributed by atoms with Gasteiger partial charge in [0.1, 0.15) is 5.82 Å². The molecule has 2 N–H and O–H groups in total. The van der Waals surface area contributed by atoms with Crippen molar-refractivity contribution in [2.24, 2.45) is 0 Å². The summed E-state index contributed by atoms with van der Waals surface area (Å²) in [5, 5.41) is 6.64. The number of ether oxygens (including phenoxy) is 1. The predicted octanol–water partition coefficient (Wildman–Crippen LogP) is 1.03. The van der Waals surface area contributed by atoms with Crippen molar-refractivity contribution in [1.29, 1.82) is 0 Å². The normalized spacial score (nSPS) is 19.7. The minimum Gasteiger partial charge on any atom is -0.465 e. The molecule has 92 valence electrons. The molecule has 1 unspecified atom stereocenters. The summed E-state index contributed by atoms with van der Waals surface area (Å²) in [7, 11) is 1.38. The maximum atomic E-state index is 11.4. The Bertz CT molecular complexity index is 389. The summed E-state index contributed by atoms with van der Waals surface area (Å²) in [6.07, 6.45) is 3.90. The van der Waals surface area contributed by atoms with Crippen LogP contribution in [0, 0.1) is 0 Å². The zero-order valence-electron chi connectivity index (χ0n) is 9.90. The molecule has 1 aromatic rings. The molecule has 1 aliphatic heterocycles. The largest absolute Gasteiger partial charge is 0.465 e. The number of rotatable bonds is 3. The van der Waals surface area contributed by atoms with E-state index in [1.54, 1.807) is 18.3 Å². The van der Waals surface area contributed by atoms with Gasteiger partial charge in [-0.3, -0.25) is 0 Å². The Morgan fingerprint density at radius 2 is 2.53 bits per heavy atom. The Kier molecular flexibility index (Phi) is 3.93. The second-order valence-corrected chi connectivity index (χ2v) is 4.11. The number of esters is 1. The van der Waals surface area contributed by atoms with Gasteiger partial charge in [0.2, 0.25) is 0 Å². The molecule has 0 saturated carbocycles. The van der Waals surface area contributed by atoms with Gasteiger partial charge >= 0.3 is 5.97 Å². The van der Waals surface area contributed by atoms with Crippen LogP contribution in [0.4, 0.5) is 5.82 Å². The average molecular weight is 235 g/mol. The van der Waals surface area contributed by atoms with E-state index in [4.69, 9.17) is 0 Å². The molecule has 2 rings (SSSR count). The number of piperidine rings is 1. The van der Waals surface area contributed by atoms with Gasteiger partial charge in [0.15, 0.2) is 0 Å². The first-order valence-corrected chi connectivity index (χ1v) is 5.81. The van der Waals surface area contributed by atoms with Crippen molar-refractivity contribution in [3.63, 3.8) is 0 Å². The Labute approximate surface area is 101 Å². The molecule has 0 amide bonds. The minimum absolute atomic E-state index is 0.336. The monoisotopic (exact) mass is 235 g/mol. The molecule has 2 heterocycles. The Balaban J connectivity index is 2.02. The van der Waals surface area contributed by atoms with Crippen molar-refractivity contribution in [2.75, 3.05) is 25.5 Å². The van der Waals surface area contributed by atoms with E-state index in [1.807, 2.05) is 0 Å². The van der Waals surface area contributed by atoms with Crippen LogP contribution in [-0.2, 0) is 4.74 Å². The zero-order chi connectivity index (χ0) is 12.1. The van der Waals surface area contributed by atoms with E-state index in [9.17, 15) is 4.79 Å². The highest BCUT2D eigenvalue weighted by molar-refractivity contribution is 5.89. The van der Waals surface area contributed by atoms with E-state index in [2.05, 4.69) is 20.4 Å². The SMILES string of the molecule is COC(=O)c1ccnc(NC2CCCNC2)c1. The lowest BCUT2D eigenvalue weighted by molar-refractivity contribution is 0.0600. The molecule has 1 aliphatic rings. The molecule has 1 atom stereocenters. The van der Waals surface area contributed by atoms with Crippen LogP contribution in [0.15, 0.2) is 18.3 Å². The van der Waals surface area contributed by atoms with E-state index in [-0.39, 0.29) is 5.97 Å². The molecule has 0 aromatic carbocycles. The van der Waals surface area contributed by atoms with Gasteiger partial charge < -0.3 is 15.4 Å². The summed E-state index contributed by atoms with van der Waals surface area (Å²) >= 11 is 0. The molecule has 1 aromatic heterocycles. The van der Waals surface area contributed by atoms with Crippen LogP contribution >= 0.6 is 0 Å². The summed E-state index contributed by atoms with van der Waals surface area (Å²) < 4.78 is 4.67. The van der Waals surface area contributed by atoms with Crippen LogP contribution in [0.2, 0.25) is 0 Å². The Morgan fingerprint density at radius 3 is 3.24 bits per heavy atom. The highest BCUT2D eigenvalue weighted by Gasteiger charge is 2.14. The van der Waals surface area contributed by atoms with Gasteiger partial charge in [0, 0.05) is 18.8 Å². The summed E-state index contributed by atoms with van der Waals surface area (Å²) in [6.45, 7) is 2.01. The number of aromatic nitrogens is 1. The number of hydrogen-bond donors (Lipinski definition) is 2. The first-order chi connectivity index (χ1) is 8.29. The maximum Gasteiger partial charge on any atom is 0.338 e. The van der Waals surface area contributed by atoms with Gasteiger partial charge in [-0.15, -0.1) is 0 Å². The van der Waals surface area contributed by atoms with Crippen LogP contribution < -0.4 is 10.6 Å². The molecular formula is C12H17N3O2. The fourth-order valence-electron chi connectivity index (χ4n) is 1.94. The van der Waals surface area contributed by atoms with Crippen molar-refractivity contribution in [3.05, 3.63) is 23.9 Å². The van der Waals surface area contributed by atoms with Crippen molar-refractivity contribution >= 4 is 11.8 Å². The van der Waals surface area contributed by atoms with Crippen molar-refractivity contribution in [3.8, 4) is 0 Å². The van der Waals surface area contributed by atoms with Crippen LogP contribution in [0.3, 0.4) is 0 Å². The average Bonchev–Trinajstić information content (AvgIpc) is 2.39. The van der Waals surface area contributed by atoms with E-state index in [1.165, 1.54) is 7.11 Å². The van der Waals surface area contributed by atoms with E-state index < -0.39 is 0 Å².